The number of benzene rings is 2. The van der Waals surface area contributed by atoms with Crippen molar-refractivity contribution in [3.05, 3.63) is 62.7 Å². The number of nitro groups is 2. The molecule has 3 aromatic rings. The Morgan fingerprint density at radius 1 is 1.04 bits per heavy atom. The third kappa shape index (κ3) is 2.90. The van der Waals surface area contributed by atoms with E-state index in [1.807, 2.05) is 18.2 Å². The highest BCUT2D eigenvalue weighted by Gasteiger charge is 2.16. The van der Waals surface area contributed by atoms with Gasteiger partial charge in [0.2, 0.25) is 0 Å². The van der Waals surface area contributed by atoms with Crippen LogP contribution in [0.1, 0.15) is 0 Å². The molecule has 2 aromatic carbocycles. The van der Waals surface area contributed by atoms with Gasteiger partial charge in [-0.05, 0) is 12.1 Å². The molecule has 3 rings (SSSR count). The molecule has 0 unspecified atom stereocenters. The molecular formula is C13H10N6O4. The summed E-state index contributed by atoms with van der Waals surface area (Å²) in [5, 5.41) is 32.5. The summed E-state index contributed by atoms with van der Waals surface area (Å²) < 4.78 is 1.56. The Morgan fingerprint density at radius 2 is 1.70 bits per heavy atom. The van der Waals surface area contributed by atoms with Crippen LogP contribution in [0.3, 0.4) is 0 Å². The second-order valence-electron chi connectivity index (χ2n) is 4.66. The first-order valence-electron chi connectivity index (χ1n) is 6.50. The van der Waals surface area contributed by atoms with Gasteiger partial charge in [-0.15, -0.1) is 5.10 Å². The van der Waals surface area contributed by atoms with E-state index in [2.05, 4.69) is 15.6 Å². The highest BCUT2D eigenvalue weighted by molar-refractivity contribution is 5.73. The minimum absolute atomic E-state index is 0.166. The van der Waals surface area contributed by atoms with E-state index in [0.29, 0.717) is 5.52 Å². The van der Waals surface area contributed by atoms with Crippen molar-refractivity contribution in [2.45, 2.75) is 6.67 Å². The number of nitro benzene ring substituents is 2. The SMILES string of the molecule is O=[N+]([O-])c1cc(NCn2nnc3ccccc32)cc([N+](=O)[O-])c1. The topological polar surface area (TPSA) is 129 Å². The monoisotopic (exact) mass is 314 g/mol. The van der Waals surface area contributed by atoms with Gasteiger partial charge in [0.25, 0.3) is 11.4 Å². The molecule has 116 valence electrons. The first-order valence-corrected chi connectivity index (χ1v) is 6.50. The fourth-order valence-electron chi connectivity index (χ4n) is 2.11. The molecule has 10 heteroatoms. The Hall–Kier alpha value is -3.56. The Bertz CT molecular complexity index is 874. The van der Waals surface area contributed by atoms with Gasteiger partial charge in [0.1, 0.15) is 12.2 Å². The van der Waals surface area contributed by atoms with Crippen LogP contribution in [0.15, 0.2) is 42.5 Å². The molecule has 10 nitrogen and oxygen atoms in total. The standard InChI is InChI=1S/C13H10N6O4/c20-18(21)10-5-9(6-11(7-10)19(22)23)14-8-17-13-4-2-1-3-12(13)15-16-17/h1-7,14H,8H2. The maximum atomic E-state index is 10.9. The van der Waals surface area contributed by atoms with E-state index in [1.165, 1.54) is 12.1 Å². The first kappa shape index (κ1) is 14.4. The quantitative estimate of drug-likeness (QED) is 0.565. The molecule has 1 aromatic heterocycles. The fraction of sp³-hybridized carbons (Fsp3) is 0.0769. The van der Waals surface area contributed by atoms with Gasteiger partial charge >= 0.3 is 0 Å². The molecule has 0 saturated carbocycles. The van der Waals surface area contributed by atoms with Crippen LogP contribution >= 0.6 is 0 Å². The van der Waals surface area contributed by atoms with Crippen molar-refractivity contribution in [2.75, 3.05) is 5.32 Å². The van der Waals surface area contributed by atoms with Crippen molar-refractivity contribution in [1.29, 1.82) is 0 Å². The van der Waals surface area contributed by atoms with Gasteiger partial charge in [0.15, 0.2) is 0 Å². The smallest absolute Gasteiger partial charge is 0.278 e. The number of hydrogen-bond donors (Lipinski definition) is 1. The molecule has 0 aliphatic carbocycles. The number of non-ortho nitro benzene ring substituents is 2. The van der Waals surface area contributed by atoms with E-state index in [4.69, 9.17) is 0 Å². The number of hydrogen-bond acceptors (Lipinski definition) is 7. The van der Waals surface area contributed by atoms with Crippen molar-refractivity contribution in [3.63, 3.8) is 0 Å². The maximum absolute atomic E-state index is 10.9. The minimum atomic E-state index is -0.678. The van der Waals surface area contributed by atoms with E-state index in [9.17, 15) is 20.2 Å². The zero-order valence-electron chi connectivity index (χ0n) is 11.6. The lowest BCUT2D eigenvalue weighted by Crippen LogP contribution is -2.10. The summed E-state index contributed by atoms with van der Waals surface area (Å²) in [6, 6.07) is 10.7. The summed E-state index contributed by atoms with van der Waals surface area (Å²) in [6.45, 7) is 0.166. The van der Waals surface area contributed by atoms with Crippen molar-refractivity contribution >= 4 is 28.1 Å². The lowest BCUT2D eigenvalue weighted by molar-refractivity contribution is -0.394. The predicted molar refractivity (Wildman–Crippen MR) is 80.9 cm³/mol. The summed E-state index contributed by atoms with van der Waals surface area (Å²) in [4.78, 5) is 20.4. The lowest BCUT2D eigenvalue weighted by Gasteiger charge is -2.07. The average molecular weight is 314 g/mol. The van der Waals surface area contributed by atoms with Gasteiger partial charge in [-0.2, -0.15) is 0 Å². The molecule has 0 saturated heterocycles. The summed E-state index contributed by atoms with van der Waals surface area (Å²) >= 11 is 0. The first-order chi connectivity index (χ1) is 11.0. The van der Waals surface area contributed by atoms with Crippen molar-refractivity contribution in [1.82, 2.24) is 15.0 Å². The number of anilines is 1. The van der Waals surface area contributed by atoms with Crippen LogP contribution in [-0.2, 0) is 6.67 Å². The van der Waals surface area contributed by atoms with Crippen LogP contribution in [0.5, 0.6) is 0 Å². The van der Waals surface area contributed by atoms with E-state index in [0.717, 1.165) is 11.6 Å². The highest BCUT2D eigenvalue weighted by Crippen LogP contribution is 2.26. The highest BCUT2D eigenvalue weighted by atomic mass is 16.6. The largest absolute Gasteiger partial charge is 0.366 e. The van der Waals surface area contributed by atoms with Crippen LogP contribution in [-0.4, -0.2) is 24.8 Å². The fourth-order valence-corrected chi connectivity index (χ4v) is 2.11. The lowest BCUT2D eigenvalue weighted by atomic mass is 10.2. The van der Waals surface area contributed by atoms with E-state index in [-0.39, 0.29) is 23.7 Å². The average Bonchev–Trinajstić information content (AvgIpc) is 2.95. The molecule has 0 bridgehead atoms. The molecule has 0 aliphatic heterocycles. The third-order valence-electron chi connectivity index (χ3n) is 3.18. The van der Waals surface area contributed by atoms with Crippen molar-refractivity contribution < 1.29 is 9.85 Å². The molecule has 0 fully saturated rings. The predicted octanol–water partition coefficient (Wildman–Crippen LogP) is 2.32. The van der Waals surface area contributed by atoms with Gasteiger partial charge < -0.3 is 5.32 Å². The molecule has 0 atom stereocenters. The van der Waals surface area contributed by atoms with Crippen molar-refractivity contribution in [2.24, 2.45) is 0 Å². The Labute approximate surface area is 128 Å². The number of nitrogens with zero attached hydrogens (tertiary/aromatic N) is 5. The van der Waals surface area contributed by atoms with Crippen molar-refractivity contribution in [3.8, 4) is 0 Å². The number of nitrogens with one attached hydrogen (secondary N) is 1. The minimum Gasteiger partial charge on any atom is -0.366 e. The molecule has 0 radical (unpaired) electrons. The maximum Gasteiger partial charge on any atom is 0.278 e. The van der Waals surface area contributed by atoms with Gasteiger partial charge in [0.05, 0.1) is 21.4 Å². The molecular weight excluding hydrogens is 304 g/mol. The summed E-state index contributed by atoms with van der Waals surface area (Å²) in [5.41, 5.74) is 1.03. The second-order valence-corrected chi connectivity index (χ2v) is 4.66. The Morgan fingerprint density at radius 3 is 2.35 bits per heavy atom. The van der Waals surface area contributed by atoms with Crippen LogP contribution in [0.4, 0.5) is 17.1 Å². The molecule has 23 heavy (non-hydrogen) atoms. The molecule has 0 spiro atoms. The van der Waals surface area contributed by atoms with Crippen LogP contribution in [0.2, 0.25) is 0 Å². The van der Waals surface area contributed by atoms with Gasteiger partial charge in [0, 0.05) is 17.8 Å². The summed E-state index contributed by atoms with van der Waals surface area (Å²) in [5.74, 6) is 0. The number of aromatic nitrogens is 3. The number of rotatable bonds is 5. The molecule has 1 heterocycles. The third-order valence-corrected chi connectivity index (χ3v) is 3.18. The van der Waals surface area contributed by atoms with Crippen LogP contribution in [0, 0.1) is 20.2 Å². The summed E-state index contributed by atoms with van der Waals surface area (Å²) in [7, 11) is 0. The normalized spacial score (nSPS) is 10.6. The van der Waals surface area contributed by atoms with Gasteiger partial charge in [-0.1, -0.05) is 17.3 Å². The zero-order chi connectivity index (χ0) is 16.4. The second kappa shape index (κ2) is 5.67. The molecule has 1 N–H and O–H groups in total. The van der Waals surface area contributed by atoms with Gasteiger partial charge in [-0.25, -0.2) is 4.68 Å². The van der Waals surface area contributed by atoms with E-state index < -0.39 is 9.85 Å². The molecule has 0 amide bonds. The zero-order valence-corrected chi connectivity index (χ0v) is 11.6. The van der Waals surface area contributed by atoms with Crippen LogP contribution < -0.4 is 5.32 Å². The summed E-state index contributed by atoms with van der Waals surface area (Å²) in [6.07, 6.45) is 0. The van der Waals surface area contributed by atoms with Gasteiger partial charge in [-0.3, -0.25) is 20.2 Å². The Balaban J connectivity index is 1.87. The number of fused-ring (bicyclic) bond motifs is 1. The van der Waals surface area contributed by atoms with E-state index in [1.54, 1.807) is 10.7 Å². The number of para-hydroxylation sites is 1. The molecule has 0 aliphatic rings. The van der Waals surface area contributed by atoms with Crippen LogP contribution in [0.25, 0.3) is 11.0 Å². The Kier molecular flexibility index (Phi) is 3.55. The van der Waals surface area contributed by atoms with E-state index >= 15 is 0 Å².